The van der Waals surface area contributed by atoms with Crippen LogP contribution in [0.3, 0.4) is 0 Å². The molecule has 3 heterocycles. The summed E-state index contributed by atoms with van der Waals surface area (Å²) in [6.45, 7) is 8.47. The van der Waals surface area contributed by atoms with Crippen molar-refractivity contribution in [1.82, 2.24) is 15.2 Å². The van der Waals surface area contributed by atoms with Gasteiger partial charge >= 0.3 is 5.97 Å². The van der Waals surface area contributed by atoms with Crippen molar-refractivity contribution >= 4 is 17.8 Å². The molecule has 0 saturated carbocycles. The first-order valence-corrected chi connectivity index (χ1v) is 12.8. The van der Waals surface area contributed by atoms with E-state index < -0.39 is 30.1 Å². The largest absolute Gasteiger partial charge is 0.460 e. The van der Waals surface area contributed by atoms with Crippen molar-refractivity contribution in [3.05, 3.63) is 66.0 Å². The second-order valence-corrected chi connectivity index (χ2v) is 9.86. The van der Waals surface area contributed by atoms with Crippen LogP contribution in [0, 0.1) is 11.8 Å². The quantitative estimate of drug-likeness (QED) is 0.556. The van der Waals surface area contributed by atoms with Crippen molar-refractivity contribution in [3.8, 4) is 0 Å². The van der Waals surface area contributed by atoms with Crippen LogP contribution >= 0.6 is 0 Å². The molecule has 3 rings (SSSR count). The number of carbonyl (C=O) groups is 3. The number of oxazole rings is 1. The zero-order valence-electron chi connectivity index (χ0n) is 21.9. The molecule has 37 heavy (non-hydrogen) atoms. The molecule has 1 unspecified atom stereocenters. The van der Waals surface area contributed by atoms with Gasteiger partial charge in [-0.25, -0.2) is 9.78 Å². The molecule has 0 aromatic carbocycles. The number of hydrogen-bond acceptors (Lipinski definition) is 7. The van der Waals surface area contributed by atoms with Gasteiger partial charge in [0.1, 0.15) is 18.4 Å². The Morgan fingerprint density at radius 1 is 1.19 bits per heavy atom. The molecule has 0 radical (unpaired) electrons. The summed E-state index contributed by atoms with van der Waals surface area (Å²) in [5.41, 5.74) is 1.03. The molecule has 9 heteroatoms. The first-order valence-electron chi connectivity index (χ1n) is 12.8. The molecule has 4 atom stereocenters. The van der Waals surface area contributed by atoms with Crippen LogP contribution in [0.4, 0.5) is 0 Å². The maximum Gasteiger partial charge on any atom is 0.329 e. The number of fused-ring (bicyclic) bond motifs is 3. The monoisotopic (exact) mass is 511 g/mol. The average Bonchev–Trinajstić information content (AvgIpc) is 3.52. The number of allylic oxidation sites excluding steroid dienone is 4. The molecule has 2 amide bonds. The van der Waals surface area contributed by atoms with E-state index in [0.717, 1.165) is 5.57 Å². The van der Waals surface area contributed by atoms with Gasteiger partial charge in [-0.15, -0.1) is 0 Å². The minimum absolute atomic E-state index is 0.00234. The molecular weight excluding hydrogens is 474 g/mol. The van der Waals surface area contributed by atoms with Crippen LogP contribution < -0.4 is 5.32 Å². The summed E-state index contributed by atoms with van der Waals surface area (Å²) >= 11 is 0. The Morgan fingerprint density at radius 2 is 1.97 bits per heavy atom. The van der Waals surface area contributed by atoms with Crippen LogP contribution in [-0.2, 0) is 20.7 Å². The fourth-order valence-corrected chi connectivity index (χ4v) is 4.42. The van der Waals surface area contributed by atoms with E-state index in [2.05, 4.69) is 10.3 Å². The van der Waals surface area contributed by atoms with Crippen LogP contribution in [0.25, 0.3) is 0 Å². The van der Waals surface area contributed by atoms with Crippen LogP contribution in [0.1, 0.15) is 56.9 Å². The normalized spacial score (nSPS) is 30.6. The Balaban J connectivity index is 1.85. The number of hydrogen-bond donors (Lipinski definition) is 2. The molecular formula is C28H37N3O6. The molecule has 1 aromatic heterocycles. The highest BCUT2D eigenvalue weighted by Crippen LogP contribution is 2.25. The topological polar surface area (TPSA) is 122 Å². The van der Waals surface area contributed by atoms with Gasteiger partial charge in [0.05, 0.1) is 12.5 Å². The molecule has 1 saturated heterocycles. The molecule has 0 spiro atoms. The molecule has 1 fully saturated rings. The van der Waals surface area contributed by atoms with Gasteiger partial charge in [-0.05, 0) is 31.8 Å². The zero-order chi connectivity index (χ0) is 26.9. The highest BCUT2D eigenvalue weighted by molar-refractivity contribution is 5.95. The molecule has 2 aliphatic heterocycles. The third kappa shape index (κ3) is 8.01. The predicted molar refractivity (Wildman–Crippen MR) is 138 cm³/mol. The van der Waals surface area contributed by atoms with E-state index in [9.17, 15) is 19.5 Å². The second-order valence-electron chi connectivity index (χ2n) is 9.86. The van der Waals surface area contributed by atoms with Gasteiger partial charge in [0.2, 0.25) is 5.91 Å². The van der Waals surface area contributed by atoms with E-state index in [-0.39, 0.29) is 35.7 Å². The van der Waals surface area contributed by atoms with Gasteiger partial charge in [-0.2, -0.15) is 0 Å². The van der Waals surface area contributed by atoms with Crippen LogP contribution in [0.2, 0.25) is 0 Å². The van der Waals surface area contributed by atoms with Crippen LogP contribution in [0.15, 0.2) is 58.8 Å². The number of nitrogens with zero attached hydrogens (tertiary/aromatic N) is 2. The molecule has 0 aliphatic carbocycles. The van der Waals surface area contributed by atoms with Crippen molar-refractivity contribution < 1.29 is 28.6 Å². The molecule has 200 valence electrons. The summed E-state index contributed by atoms with van der Waals surface area (Å²) in [6.07, 6.45) is 13.3. The third-order valence-corrected chi connectivity index (χ3v) is 6.39. The van der Waals surface area contributed by atoms with Gasteiger partial charge in [0, 0.05) is 19.0 Å². The van der Waals surface area contributed by atoms with Crippen molar-refractivity contribution in [1.29, 1.82) is 0 Å². The number of amides is 2. The summed E-state index contributed by atoms with van der Waals surface area (Å²) in [5.74, 6) is -1.10. The van der Waals surface area contributed by atoms with Crippen molar-refractivity contribution in [2.75, 3.05) is 13.1 Å². The Morgan fingerprint density at radius 3 is 2.73 bits per heavy atom. The number of aromatic nitrogens is 1. The first-order chi connectivity index (χ1) is 17.7. The summed E-state index contributed by atoms with van der Waals surface area (Å²) in [7, 11) is 0. The second kappa shape index (κ2) is 13.2. The number of aliphatic hydroxyl groups excluding tert-OH is 1. The Labute approximate surface area is 218 Å². The van der Waals surface area contributed by atoms with Gasteiger partial charge in [0.15, 0.2) is 11.6 Å². The third-order valence-electron chi connectivity index (χ3n) is 6.39. The Bertz CT molecular complexity index is 1080. The smallest absolute Gasteiger partial charge is 0.329 e. The van der Waals surface area contributed by atoms with E-state index in [0.29, 0.717) is 25.9 Å². The highest BCUT2D eigenvalue weighted by atomic mass is 16.5. The highest BCUT2D eigenvalue weighted by Gasteiger charge is 2.38. The lowest BCUT2D eigenvalue weighted by Crippen LogP contribution is -2.44. The summed E-state index contributed by atoms with van der Waals surface area (Å²) in [4.78, 5) is 44.3. The fraction of sp³-hybridized carbons (Fsp3) is 0.500. The summed E-state index contributed by atoms with van der Waals surface area (Å²) in [6, 6.07) is -0.717. The molecule has 2 bridgehead atoms. The number of nitrogens with one attached hydrogen (secondary N) is 1. The van der Waals surface area contributed by atoms with E-state index >= 15 is 0 Å². The van der Waals surface area contributed by atoms with Gasteiger partial charge in [-0.3, -0.25) is 9.59 Å². The molecule has 9 nitrogen and oxygen atoms in total. The Kier molecular flexibility index (Phi) is 10.0. The number of ether oxygens (including phenoxy) is 1. The van der Waals surface area contributed by atoms with Crippen molar-refractivity contribution in [2.24, 2.45) is 11.8 Å². The van der Waals surface area contributed by atoms with Gasteiger partial charge in [-0.1, -0.05) is 62.8 Å². The fourth-order valence-electron chi connectivity index (χ4n) is 4.42. The summed E-state index contributed by atoms with van der Waals surface area (Å²) in [5, 5.41) is 13.1. The lowest BCUT2D eigenvalue weighted by atomic mass is 9.94. The standard InChI is InChI=1S/C28H37N3O6/c1-18(2)26-20(4)12-13-24(33)29-14-6-9-19(3)8-5-10-21(32)16-25-30-22(17-36-25)27(34)31-15-7-11-23(31)28(35)37-26/h5-6,8-10,12-13,17-18,20-21,23,26,32H,7,11,14-16H2,1-4H3,(H,29,33)/b9-6+,10-5+,13-12+,19-8+/t20-,21?,23-,26-/m1/s1. The van der Waals surface area contributed by atoms with Crippen LogP contribution in [-0.4, -0.2) is 64.1 Å². The number of esters is 1. The maximum atomic E-state index is 13.2. The number of carbonyl (C=O) groups excluding carboxylic acids is 3. The van der Waals surface area contributed by atoms with E-state index in [1.807, 2.05) is 45.9 Å². The van der Waals surface area contributed by atoms with Gasteiger partial charge in [0.25, 0.3) is 5.91 Å². The van der Waals surface area contributed by atoms with Gasteiger partial charge < -0.3 is 24.5 Å². The number of rotatable bonds is 1. The first kappa shape index (κ1) is 28.1. The minimum Gasteiger partial charge on any atom is -0.460 e. The lowest BCUT2D eigenvalue weighted by Gasteiger charge is -2.29. The number of cyclic esters (lactones) is 1. The average molecular weight is 512 g/mol. The lowest BCUT2D eigenvalue weighted by molar-refractivity contribution is -0.158. The van der Waals surface area contributed by atoms with Crippen molar-refractivity contribution in [2.45, 2.75) is 65.2 Å². The molecule has 1 aromatic rings. The SMILES string of the molecule is CC1=C\C=C\C(O)Cc2nc(co2)C(=O)N2CCC[C@@H]2C(=O)O[C@H](C(C)C)[C@H](C)/C=C/C(=O)NC\C=C\1. The number of aliphatic hydroxyl groups is 1. The van der Waals surface area contributed by atoms with Crippen LogP contribution in [0.5, 0.6) is 0 Å². The van der Waals surface area contributed by atoms with E-state index in [4.69, 9.17) is 9.15 Å². The minimum atomic E-state index is -0.855. The summed E-state index contributed by atoms with van der Waals surface area (Å²) < 4.78 is 11.3. The predicted octanol–water partition coefficient (Wildman–Crippen LogP) is 3.13. The van der Waals surface area contributed by atoms with Crippen molar-refractivity contribution in [3.63, 3.8) is 0 Å². The van der Waals surface area contributed by atoms with E-state index in [1.165, 1.54) is 17.2 Å². The molecule has 2 N–H and O–H groups in total. The van der Waals surface area contributed by atoms with E-state index in [1.54, 1.807) is 18.2 Å². The molecule has 2 aliphatic rings. The zero-order valence-corrected chi connectivity index (χ0v) is 21.9. The maximum absolute atomic E-state index is 13.2. The Hall–Kier alpha value is -3.46.